The van der Waals surface area contributed by atoms with Crippen LogP contribution in [0.3, 0.4) is 0 Å². The summed E-state index contributed by atoms with van der Waals surface area (Å²) in [5.74, 6) is -0.781. The molecule has 248 valence electrons. The molecule has 8 rings (SSSR count). The van der Waals surface area contributed by atoms with E-state index < -0.39 is 26.4 Å². The van der Waals surface area contributed by atoms with E-state index in [1.165, 1.54) is 0 Å². The minimum atomic E-state index is -3.72. The van der Waals surface area contributed by atoms with E-state index in [0.29, 0.717) is 33.2 Å². The van der Waals surface area contributed by atoms with Crippen molar-refractivity contribution < 1.29 is 27.7 Å². The summed E-state index contributed by atoms with van der Waals surface area (Å²) < 4.78 is 56.3. The molecule has 0 saturated carbocycles. The van der Waals surface area contributed by atoms with Gasteiger partial charge >= 0.3 is 14.7 Å². The number of rotatable bonds is 10. The van der Waals surface area contributed by atoms with Crippen LogP contribution in [0.2, 0.25) is 0 Å². The third kappa shape index (κ3) is 5.28. The second-order valence-electron chi connectivity index (χ2n) is 12.2. The van der Waals surface area contributed by atoms with E-state index in [1.54, 1.807) is 12.2 Å². The predicted octanol–water partition coefficient (Wildman–Crippen LogP) is 10.6. The molecule has 0 amide bonds. The number of benzene rings is 6. The van der Waals surface area contributed by atoms with Crippen molar-refractivity contribution in [3.63, 3.8) is 0 Å². The smallest absolute Gasteiger partial charge is 0.310 e. The van der Waals surface area contributed by atoms with Crippen molar-refractivity contribution in [1.29, 1.82) is 0 Å². The molecule has 6 nitrogen and oxygen atoms in total. The Bertz CT molecular complexity index is 2380. The number of ether oxygens (including phenoxy) is 2. The lowest BCUT2D eigenvalue weighted by molar-refractivity contribution is 0.124. The molecule has 2 aliphatic heterocycles. The highest BCUT2D eigenvalue weighted by molar-refractivity contribution is 7.68. The van der Waals surface area contributed by atoms with Gasteiger partial charge in [0.05, 0.1) is 23.8 Å². The summed E-state index contributed by atoms with van der Waals surface area (Å²) in [4.78, 5) is 0. The fraction of sp³-hybridized carbons (Fsp3) is 0.0952. The van der Waals surface area contributed by atoms with Gasteiger partial charge in [0.15, 0.2) is 11.7 Å². The molecule has 0 bridgehead atoms. The Morgan fingerprint density at radius 3 is 1.64 bits per heavy atom. The van der Waals surface area contributed by atoms with Crippen molar-refractivity contribution in [2.45, 2.75) is 11.7 Å². The van der Waals surface area contributed by atoms with Gasteiger partial charge < -0.3 is 18.5 Å². The van der Waals surface area contributed by atoms with Gasteiger partial charge in [-0.15, -0.1) is 13.2 Å². The van der Waals surface area contributed by atoms with Crippen LogP contribution in [0.15, 0.2) is 159 Å². The quantitative estimate of drug-likeness (QED) is 0.105. The van der Waals surface area contributed by atoms with Crippen LogP contribution in [-0.4, -0.2) is 13.2 Å². The van der Waals surface area contributed by atoms with Crippen LogP contribution in [0.1, 0.15) is 22.8 Å². The van der Waals surface area contributed by atoms with Crippen molar-refractivity contribution >= 4 is 36.1 Å². The summed E-state index contributed by atoms with van der Waals surface area (Å²) >= 11 is 0. The van der Waals surface area contributed by atoms with Crippen molar-refractivity contribution in [1.82, 2.24) is 0 Å². The van der Waals surface area contributed by atoms with Crippen molar-refractivity contribution in [3.05, 3.63) is 170 Å². The molecule has 6 aromatic carbocycles. The van der Waals surface area contributed by atoms with Gasteiger partial charge in [-0.3, -0.25) is 9.13 Å². The number of hydrogen-bond acceptors (Lipinski definition) is 6. The number of fused-ring (bicyclic) bond motifs is 7. The van der Waals surface area contributed by atoms with Crippen molar-refractivity contribution in [2.24, 2.45) is 0 Å². The number of para-hydroxylation sites is 2. The highest BCUT2D eigenvalue weighted by Crippen LogP contribution is 2.66. The molecule has 6 aromatic rings. The molecule has 4 unspecified atom stereocenters. The lowest BCUT2D eigenvalue weighted by atomic mass is 10.0. The van der Waals surface area contributed by atoms with Gasteiger partial charge in [-0.2, -0.15) is 0 Å². The first-order chi connectivity index (χ1) is 24.5. The summed E-state index contributed by atoms with van der Waals surface area (Å²) in [7, 11) is -7.41. The van der Waals surface area contributed by atoms with Crippen molar-refractivity contribution in [2.75, 3.05) is 13.2 Å². The lowest BCUT2D eigenvalue weighted by Crippen LogP contribution is -2.24. The van der Waals surface area contributed by atoms with E-state index >= 15 is 9.13 Å². The maximum atomic E-state index is 15.4. The van der Waals surface area contributed by atoms with Crippen LogP contribution in [0.4, 0.5) is 0 Å². The minimum Gasteiger partial charge on any atom is -0.437 e. The van der Waals surface area contributed by atoms with Crippen LogP contribution < -0.4 is 19.7 Å². The molecule has 8 heteroatoms. The summed E-state index contributed by atoms with van der Waals surface area (Å²) in [5.41, 5.74) is 4.86. The monoisotopic (exact) mass is 696 g/mol. The Hall–Kier alpha value is -4.96. The molecule has 0 radical (unpaired) electrons. The average Bonchev–Trinajstić information content (AvgIpc) is 3.15. The average molecular weight is 697 g/mol. The first kappa shape index (κ1) is 32.3. The van der Waals surface area contributed by atoms with E-state index in [2.05, 4.69) is 13.2 Å². The summed E-state index contributed by atoms with van der Waals surface area (Å²) in [5, 5.41) is 2.85. The zero-order valence-electron chi connectivity index (χ0n) is 27.2. The standard InChI is InChI=1S/C42H34O6P2/c1-3-26-45-41(49(43)39-22-11-7-17-34(39)32-15-5-9-20-37(32)47-49)30-24-25-31-29(28-30)14-13-19-36(31)42(46-27-4-2)50(44)40-23-12-8-18-35(40)33-16-6-10-21-38(33)48-50/h3-25,28,41-42H,1-2,26-27H2. The largest absolute Gasteiger partial charge is 0.437 e. The van der Waals surface area contributed by atoms with E-state index in [0.717, 1.165) is 33.0 Å². The third-order valence-electron chi connectivity index (χ3n) is 9.15. The highest BCUT2D eigenvalue weighted by Gasteiger charge is 2.47. The molecule has 0 N–H and O–H groups in total. The lowest BCUT2D eigenvalue weighted by Gasteiger charge is -2.34. The van der Waals surface area contributed by atoms with Gasteiger partial charge in [0, 0.05) is 11.1 Å². The zero-order chi connectivity index (χ0) is 34.3. The molecule has 2 aliphatic rings. The molecule has 0 aromatic heterocycles. The molecule has 0 aliphatic carbocycles. The van der Waals surface area contributed by atoms with Crippen LogP contribution >= 0.6 is 14.7 Å². The maximum absolute atomic E-state index is 15.4. The minimum absolute atomic E-state index is 0.162. The summed E-state index contributed by atoms with van der Waals surface area (Å²) in [6, 6.07) is 42.1. The van der Waals surface area contributed by atoms with Gasteiger partial charge in [-0.05, 0) is 63.4 Å². The predicted molar refractivity (Wildman–Crippen MR) is 201 cm³/mol. The Labute approximate surface area is 291 Å². The first-order valence-electron chi connectivity index (χ1n) is 16.4. The van der Waals surface area contributed by atoms with E-state index in [9.17, 15) is 0 Å². The second-order valence-corrected chi connectivity index (χ2v) is 16.8. The van der Waals surface area contributed by atoms with Gasteiger partial charge in [0.1, 0.15) is 11.5 Å². The summed E-state index contributed by atoms with van der Waals surface area (Å²) in [6.07, 6.45) is 3.28. The molecule has 0 saturated heterocycles. The molecule has 0 spiro atoms. The van der Waals surface area contributed by atoms with Crippen LogP contribution in [0.5, 0.6) is 11.5 Å². The van der Waals surface area contributed by atoms with Gasteiger partial charge in [0.25, 0.3) is 0 Å². The van der Waals surface area contributed by atoms with Crippen LogP contribution in [-0.2, 0) is 18.6 Å². The van der Waals surface area contributed by atoms with Crippen molar-refractivity contribution in [3.8, 4) is 33.8 Å². The van der Waals surface area contributed by atoms with E-state index in [4.69, 9.17) is 18.5 Å². The topological polar surface area (TPSA) is 71.1 Å². The van der Waals surface area contributed by atoms with E-state index in [-0.39, 0.29) is 13.2 Å². The van der Waals surface area contributed by atoms with Gasteiger partial charge in [0.2, 0.25) is 0 Å². The van der Waals surface area contributed by atoms with E-state index in [1.807, 2.05) is 133 Å². The van der Waals surface area contributed by atoms with Crippen LogP contribution in [0, 0.1) is 0 Å². The fourth-order valence-electron chi connectivity index (χ4n) is 7.00. The highest BCUT2D eigenvalue weighted by atomic mass is 31.2. The maximum Gasteiger partial charge on any atom is 0.310 e. The van der Waals surface area contributed by atoms with Crippen LogP contribution in [0.25, 0.3) is 33.0 Å². The normalized spacial score (nSPS) is 19.8. The SMILES string of the molecule is C=CCOC(c1ccc2c(C(OCC=C)P3(=O)Oc4ccccc4-c4ccccc43)cccc2c1)P1(=O)Oc2ccccc2-c2ccccc21. The second kappa shape index (κ2) is 13.1. The van der Waals surface area contributed by atoms with Gasteiger partial charge in [-0.1, -0.05) is 115 Å². The Balaban J connectivity index is 1.26. The molecule has 50 heavy (non-hydrogen) atoms. The Kier molecular flexibility index (Phi) is 8.42. The third-order valence-corrected chi connectivity index (χ3v) is 14.3. The molecule has 2 heterocycles. The molecule has 4 atom stereocenters. The first-order valence-corrected chi connectivity index (χ1v) is 19.8. The molecular formula is C42H34O6P2. The zero-order valence-corrected chi connectivity index (χ0v) is 29.0. The molecule has 0 fully saturated rings. The van der Waals surface area contributed by atoms with Gasteiger partial charge in [-0.25, -0.2) is 0 Å². The Morgan fingerprint density at radius 1 is 0.560 bits per heavy atom. The molecular weight excluding hydrogens is 662 g/mol. The Morgan fingerprint density at radius 2 is 1.06 bits per heavy atom. The fourth-order valence-corrected chi connectivity index (χ4v) is 12.2. The number of hydrogen-bond donors (Lipinski definition) is 0. The summed E-state index contributed by atoms with van der Waals surface area (Å²) in [6.45, 7) is 8.03.